The number of nitrogens with zero attached hydrogens (tertiary/aromatic N) is 3. The monoisotopic (exact) mass is 441 g/mol. The zero-order valence-corrected chi connectivity index (χ0v) is 19.7. The Kier molecular flexibility index (Phi) is 7.76. The van der Waals surface area contributed by atoms with Crippen LogP contribution in [0.3, 0.4) is 0 Å². The van der Waals surface area contributed by atoms with E-state index in [1.807, 2.05) is 13.1 Å². The van der Waals surface area contributed by atoms with E-state index < -0.39 is 0 Å². The summed E-state index contributed by atoms with van der Waals surface area (Å²) in [4.78, 5) is 21.8. The van der Waals surface area contributed by atoms with Crippen LogP contribution in [0.4, 0.5) is 5.69 Å². The predicted octanol–water partition coefficient (Wildman–Crippen LogP) is 2.87. The van der Waals surface area contributed by atoms with E-state index >= 15 is 0 Å². The van der Waals surface area contributed by atoms with Gasteiger partial charge in [-0.3, -0.25) is 9.79 Å². The largest absolute Gasteiger partial charge is 0.497 e. The van der Waals surface area contributed by atoms with Crippen LogP contribution in [0, 0.1) is 11.8 Å². The molecule has 4 rings (SSSR count). The summed E-state index contributed by atoms with van der Waals surface area (Å²) in [6.07, 6.45) is 8.00. The van der Waals surface area contributed by atoms with Crippen molar-refractivity contribution in [1.82, 2.24) is 15.5 Å². The number of methoxy groups -OCH3 is 1. The molecule has 0 radical (unpaired) electrons. The van der Waals surface area contributed by atoms with Crippen LogP contribution in [0.2, 0.25) is 0 Å². The quantitative estimate of drug-likeness (QED) is 0.525. The molecule has 3 fully saturated rings. The lowest BCUT2D eigenvalue weighted by Crippen LogP contribution is -2.46. The summed E-state index contributed by atoms with van der Waals surface area (Å²) in [5.41, 5.74) is 1.23. The maximum atomic E-state index is 12.8. The number of rotatable bonds is 6. The number of anilines is 1. The van der Waals surface area contributed by atoms with Crippen LogP contribution in [0.25, 0.3) is 0 Å². The third kappa shape index (κ3) is 5.67. The number of carbonyl (C=O) groups is 1. The molecule has 0 bridgehead atoms. The van der Waals surface area contributed by atoms with Crippen LogP contribution in [0.1, 0.15) is 44.9 Å². The van der Waals surface area contributed by atoms with Gasteiger partial charge in [0.15, 0.2) is 5.96 Å². The molecule has 2 heterocycles. The lowest BCUT2D eigenvalue weighted by Gasteiger charge is -2.26. The number of guanidine groups is 1. The zero-order chi connectivity index (χ0) is 22.3. The Labute approximate surface area is 192 Å². The maximum Gasteiger partial charge on any atom is 0.225 e. The Morgan fingerprint density at radius 1 is 1.12 bits per heavy atom. The molecule has 1 aromatic rings. The van der Waals surface area contributed by atoms with Gasteiger partial charge < -0.3 is 25.2 Å². The van der Waals surface area contributed by atoms with E-state index in [4.69, 9.17) is 4.74 Å². The second-order valence-corrected chi connectivity index (χ2v) is 9.50. The second-order valence-electron chi connectivity index (χ2n) is 9.50. The summed E-state index contributed by atoms with van der Waals surface area (Å²) in [5.74, 6) is 2.96. The molecule has 1 amide bonds. The molecule has 0 aromatic heterocycles. The molecule has 176 valence electrons. The standard InChI is InChI=1S/C25H39N5O2/c1-26-25(28-21-12-14-30(18-21)24(31)20-7-4-3-5-8-20)27-16-19-11-13-29(17-19)22-9-6-10-23(15-22)32-2/h6,9-10,15,19-21H,3-5,7-8,11-14,16-18H2,1-2H3,(H2,26,27,28). The van der Waals surface area contributed by atoms with E-state index in [1.54, 1.807) is 7.11 Å². The Morgan fingerprint density at radius 2 is 1.97 bits per heavy atom. The molecule has 0 spiro atoms. The fraction of sp³-hybridized carbons (Fsp3) is 0.680. The lowest BCUT2D eigenvalue weighted by molar-refractivity contribution is -0.135. The molecular weight excluding hydrogens is 402 g/mol. The Morgan fingerprint density at radius 3 is 2.75 bits per heavy atom. The van der Waals surface area contributed by atoms with Crippen LogP contribution in [-0.2, 0) is 4.79 Å². The molecule has 1 saturated carbocycles. The van der Waals surface area contributed by atoms with Gasteiger partial charge in [0.1, 0.15) is 5.75 Å². The third-order valence-electron chi connectivity index (χ3n) is 7.28. The van der Waals surface area contributed by atoms with E-state index in [0.29, 0.717) is 11.8 Å². The number of carbonyl (C=O) groups excluding carboxylic acids is 1. The number of ether oxygens (including phenoxy) is 1. The van der Waals surface area contributed by atoms with Crippen molar-refractivity contribution in [2.75, 3.05) is 51.8 Å². The van der Waals surface area contributed by atoms with Crippen LogP contribution in [0.5, 0.6) is 5.75 Å². The van der Waals surface area contributed by atoms with Gasteiger partial charge in [-0.25, -0.2) is 0 Å². The molecule has 2 aliphatic heterocycles. The summed E-state index contributed by atoms with van der Waals surface area (Å²) < 4.78 is 5.37. The van der Waals surface area contributed by atoms with Crippen molar-refractivity contribution in [3.05, 3.63) is 24.3 Å². The van der Waals surface area contributed by atoms with Gasteiger partial charge in [0.2, 0.25) is 5.91 Å². The van der Waals surface area contributed by atoms with E-state index in [1.165, 1.54) is 24.9 Å². The van der Waals surface area contributed by atoms with Crippen LogP contribution >= 0.6 is 0 Å². The van der Waals surface area contributed by atoms with Crippen LogP contribution in [-0.4, -0.2) is 69.7 Å². The molecule has 32 heavy (non-hydrogen) atoms. The normalized spacial score (nSPS) is 24.6. The van der Waals surface area contributed by atoms with Crippen molar-refractivity contribution in [2.24, 2.45) is 16.8 Å². The molecular formula is C25H39N5O2. The maximum absolute atomic E-state index is 12.8. The number of hydrogen-bond acceptors (Lipinski definition) is 4. The predicted molar refractivity (Wildman–Crippen MR) is 129 cm³/mol. The van der Waals surface area contributed by atoms with Gasteiger partial charge in [0.05, 0.1) is 7.11 Å². The first kappa shape index (κ1) is 22.7. The van der Waals surface area contributed by atoms with E-state index in [9.17, 15) is 4.79 Å². The van der Waals surface area contributed by atoms with Gasteiger partial charge in [-0.1, -0.05) is 25.3 Å². The summed E-state index contributed by atoms with van der Waals surface area (Å²) in [6, 6.07) is 8.58. The number of benzene rings is 1. The van der Waals surface area contributed by atoms with Crippen LogP contribution in [0.15, 0.2) is 29.3 Å². The molecule has 2 unspecified atom stereocenters. The first-order valence-corrected chi connectivity index (χ1v) is 12.3. The van der Waals surface area contributed by atoms with Crippen molar-refractivity contribution in [2.45, 2.75) is 51.0 Å². The average Bonchev–Trinajstić information content (AvgIpc) is 3.52. The average molecular weight is 442 g/mol. The van der Waals surface area contributed by atoms with Gasteiger partial charge in [-0.2, -0.15) is 0 Å². The minimum absolute atomic E-state index is 0.259. The number of likely N-dealkylation sites (tertiary alicyclic amines) is 1. The van der Waals surface area contributed by atoms with E-state index in [-0.39, 0.29) is 12.0 Å². The minimum Gasteiger partial charge on any atom is -0.497 e. The molecule has 1 aliphatic carbocycles. The van der Waals surface area contributed by atoms with Crippen molar-refractivity contribution in [3.8, 4) is 5.75 Å². The first-order chi connectivity index (χ1) is 15.7. The fourth-order valence-corrected chi connectivity index (χ4v) is 5.36. The van der Waals surface area contributed by atoms with E-state index in [0.717, 1.165) is 70.1 Å². The Hall–Kier alpha value is -2.44. The van der Waals surface area contributed by atoms with E-state index in [2.05, 4.69) is 43.6 Å². The number of hydrogen-bond donors (Lipinski definition) is 2. The van der Waals surface area contributed by atoms with Crippen molar-refractivity contribution in [1.29, 1.82) is 0 Å². The molecule has 1 aromatic carbocycles. The molecule has 2 saturated heterocycles. The zero-order valence-electron chi connectivity index (χ0n) is 19.7. The lowest BCUT2D eigenvalue weighted by atomic mass is 9.88. The molecule has 3 aliphatic rings. The highest BCUT2D eigenvalue weighted by atomic mass is 16.5. The molecule has 2 N–H and O–H groups in total. The summed E-state index contributed by atoms with van der Waals surface area (Å²) in [7, 11) is 3.54. The van der Waals surface area contributed by atoms with Gasteiger partial charge in [0, 0.05) is 63.5 Å². The second kappa shape index (κ2) is 10.9. The molecule has 7 heteroatoms. The smallest absolute Gasteiger partial charge is 0.225 e. The number of nitrogens with one attached hydrogen (secondary N) is 2. The minimum atomic E-state index is 0.259. The van der Waals surface area contributed by atoms with Crippen molar-refractivity contribution in [3.63, 3.8) is 0 Å². The Bertz CT molecular complexity index is 792. The number of aliphatic imine (C=N–C) groups is 1. The van der Waals surface area contributed by atoms with Gasteiger partial charge in [-0.15, -0.1) is 0 Å². The Balaban J connectivity index is 1.20. The third-order valence-corrected chi connectivity index (χ3v) is 7.28. The summed E-state index contributed by atoms with van der Waals surface area (Å²) >= 11 is 0. The SMILES string of the molecule is CN=C(NCC1CCN(c2cccc(OC)c2)C1)NC1CCN(C(=O)C2CCCCC2)C1. The number of amides is 1. The van der Waals surface area contributed by atoms with Crippen molar-refractivity contribution < 1.29 is 9.53 Å². The first-order valence-electron chi connectivity index (χ1n) is 12.3. The summed E-state index contributed by atoms with van der Waals surface area (Å²) in [6.45, 7) is 4.65. The topological polar surface area (TPSA) is 69.2 Å². The van der Waals surface area contributed by atoms with Crippen LogP contribution < -0.4 is 20.3 Å². The van der Waals surface area contributed by atoms with Gasteiger partial charge >= 0.3 is 0 Å². The molecule has 7 nitrogen and oxygen atoms in total. The van der Waals surface area contributed by atoms with Gasteiger partial charge in [0.25, 0.3) is 0 Å². The molecule has 2 atom stereocenters. The highest BCUT2D eigenvalue weighted by Crippen LogP contribution is 2.28. The highest BCUT2D eigenvalue weighted by molar-refractivity contribution is 5.81. The fourth-order valence-electron chi connectivity index (χ4n) is 5.36. The van der Waals surface area contributed by atoms with Crippen molar-refractivity contribution >= 4 is 17.6 Å². The summed E-state index contributed by atoms with van der Waals surface area (Å²) in [5, 5.41) is 7.07. The highest BCUT2D eigenvalue weighted by Gasteiger charge is 2.32. The van der Waals surface area contributed by atoms with Gasteiger partial charge in [-0.05, 0) is 43.7 Å².